The fourth-order valence-corrected chi connectivity index (χ4v) is 4.15. The van der Waals surface area contributed by atoms with Gasteiger partial charge in [-0.3, -0.25) is 19.3 Å². The molecule has 5 rings (SSSR count). The van der Waals surface area contributed by atoms with Crippen molar-refractivity contribution in [1.29, 1.82) is 0 Å². The van der Waals surface area contributed by atoms with Crippen molar-refractivity contribution < 1.29 is 19.7 Å². The molecule has 12 heteroatoms. The minimum absolute atomic E-state index is 0.356. The van der Waals surface area contributed by atoms with Crippen molar-refractivity contribution in [2.75, 3.05) is 12.4 Å². The molecule has 0 aliphatic carbocycles. The van der Waals surface area contributed by atoms with Gasteiger partial charge in [0.15, 0.2) is 35.1 Å². The number of nitrogens with zero attached hydrogens (tertiary/aromatic N) is 6. The average Bonchev–Trinajstić information content (AvgIpc) is 3.43. The summed E-state index contributed by atoms with van der Waals surface area (Å²) in [5.74, 6) is 0.299. The van der Waals surface area contributed by atoms with Crippen molar-refractivity contribution in [1.82, 2.24) is 34.8 Å². The fraction of sp³-hybridized carbons (Fsp3) is 0.333. The van der Waals surface area contributed by atoms with E-state index in [1.54, 1.807) is 18.6 Å². The van der Waals surface area contributed by atoms with E-state index in [1.807, 2.05) is 32.0 Å². The summed E-state index contributed by atoms with van der Waals surface area (Å²) in [7, 11) is 1.43. The maximum absolute atomic E-state index is 12.1. The number of carbonyl (C=O) groups excluding carboxylic acids is 1. The number of aliphatic hydroxyl groups is 2. The molecule has 1 saturated heterocycles. The van der Waals surface area contributed by atoms with Crippen LogP contribution >= 0.6 is 0 Å². The summed E-state index contributed by atoms with van der Waals surface area (Å²) < 4.78 is 7.24. The zero-order valence-electron chi connectivity index (χ0n) is 20.0. The van der Waals surface area contributed by atoms with E-state index in [2.05, 4.69) is 25.6 Å². The van der Waals surface area contributed by atoms with Crippen LogP contribution < -0.4 is 10.6 Å². The molecule has 0 radical (unpaired) electrons. The van der Waals surface area contributed by atoms with Gasteiger partial charge in [-0.25, -0.2) is 15.0 Å². The molecule has 4 aromatic rings. The quantitative estimate of drug-likeness (QED) is 0.305. The number of aliphatic hydroxyl groups excluding tert-OH is 2. The van der Waals surface area contributed by atoms with Gasteiger partial charge in [-0.1, -0.05) is 0 Å². The first-order chi connectivity index (χ1) is 17.4. The molecule has 1 aliphatic heterocycles. The highest BCUT2D eigenvalue weighted by atomic mass is 16.6. The smallest absolute Gasteiger partial charge is 0.251 e. The lowest BCUT2D eigenvalue weighted by molar-refractivity contribution is -0.137. The predicted molar refractivity (Wildman–Crippen MR) is 130 cm³/mol. The summed E-state index contributed by atoms with van der Waals surface area (Å²) >= 11 is 0. The third-order valence-corrected chi connectivity index (χ3v) is 5.98. The van der Waals surface area contributed by atoms with Crippen molar-refractivity contribution in [3.8, 4) is 11.4 Å². The van der Waals surface area contributed by atoms with Crippen LogP contribution in [0.25, 0.3) is 22.6 Å². The second kappa shape index (κ2) is 9.57. The summed E-state index contributed by atoms with van der Waals surface area (Å²) in [6.07, 6.45) is 1.46. The molecule has 1 fully saturated rings. The zero-order valence-corrected chi connectivity index (χ0v) is 20.0. The summed E-state index contributed by atoms with van der Waals surface area (Å²) in [6.45, 7) is 4.31. The number of rotatable bonds is 6. The summed E-state index contributed by atoms with van der Waals surface area (Å²) in [5.41, 5.74) is 4.33. The minimum atomic E-state index is -1.42. The summed E-state index contributed by atoms with van der Waals surface area (Å²) in [5, 5.41) is 26.8. The SMILES string of the molecule is CNC(=O)[C@H]1O[C@@H](n2cnc3c(NCc4cc(C)ccn4)nc(-c4cncc(C)c4)nc32)[C@H](O)[C@@H]1O. The van der Waals surface area contributed by atoms with Crippen LogP contribution in [0.5, 0.6) is 0 Å². The average molecular weight is 491 g/mol. The van der Waals surface area contributed by atoms with Crippen molar-refractivity contribution in [3.05, 3.63) is 59.9 Å². The summed E-state index contributed by atoms with van der Waals surface area (Å²) in [4.78, 5) is 34.6. The van der Waals surface area contributed by atoms with Crippen molar-refractivity contribution in [2.45, 2.75) is 44.9 Å². The molecule has 0 spiro atoms. The van der Waals surface area contributed by atoms with Gasteiger partial charge in [0.05, 0.1) is 18.6 Å². The molecular formula is C24H26N8O4. The van der Waals surface area contributed by atoms with Crippen LogP contribution in [0, 0.1) is 13.8 Å². The Morgan fingerprint density at radius 1 is 1.11 bits per heavy atom. The van der Waals surface area contributed by atoms with E-state index in [9.17, 15) is 15.0 Å². The molecule has 0 aromatic carbocycles. The number of amides is 1. The van der Waals surface area contributed by atoms with Gasteiger partial charge in [-0.05, 0) is 43.2 Å². The third kappa shape index (κ3) is 4.37. The largest absolute Gasteiger partial charge is 0.387 e. The highest BCUT2D eigenvalue weighted by Gasteiger charge is 2.47. The van der Waals surface area contributed by atoms with Gasteiger partial charge < -0.3 is 25.6 Å². The van der Waals surface area contributed by atoms with Crippen LogP contribution in [0.2, 0.25) is 0 Å². The number of hydrogen-bond donors (Lipinski definition) is 4. The standard InChI is InChI=1S/C24H26N8O4/c1-12-4-5-27-15(7-12)10-28-21-16-22(31-20(30-21)14-6-13(2)8-26-9-14)32(11-29-16)24-18(34)17(33)19(36-24)23(35)25-3/h4-9,11,17-19,24,33-34H,10H2,1-3H3,(H,25,35)(H,28,30,31)/t17-,18+,19-,24+/m0/s1. The Labute approximate surface area is 206 Å². The first-order valence-electron chi connectivity index (χ1n) is 11.4. The van der Waals surface area contributed by atoms with E-state index in [4.69, 9.17) is 14.7 Å². The number of likely N-dealkylation sites (N-methyl/N-ethyl adjacent to an activating group) is 1. The Bertz CT molecular complexity index is 1420. The highest BCUT2D eigenvalue weighted by Crippen LogP contribution is 2.33. The molecule has 4 aromatic heterocycles. The lowest BCUT2D eigenvalue weighted by Crippen LogP contribution is -2.41. The van der Waals surface area contributed by atoms with E-state index in [0.717, 1.165) is 16.8 Å². The third-order valence-electron chi connectivity index (χ3n) is 5.98. The highest BCUT2D eigenvalue weighted by molar-refractivity contribution is 5.85. The second-order valence-corrected chi connectivity index (χ2v) is 8.69. The lowest BCUT2D eigenvalue weighted by atomic mass is 10.1. The number of pyridine rings is 2. The lowest BCUT2D eigenvalue weighted by Gasteiger charge is -2.17. The molecule has 1 aliphatic rings. The minimum Gasteiger partial charge on any atom is -0.387 e. The van der Waals surface area contributed by atoms with Gasteiger partial charge in [0.2, 0.25) is 0 Å². The molecule has 0 unspecified atom stereocenters. The number of imidazole rings is 1. The maximum Gasteiger partial charge on any atom is 0.251 e. The number of carbonyl (C=O) groups is 1. The van der Waals surface area contributed by atoms with E-state index < -0.39 is 30.4 Å². The van der Waals surface area contributed by atoms with Crippen LogP contribution in [0.3, 0.4) is 0 Å². The Kier molecular flexibility index (Phi) is 6.31. The van der Waals surface area contributed by atoms with Crippen LogP contribution in [0.15, 0.2) is 43.1 Å². The number of anilines is 1. The second-order valence-electron chi connectivity index (χ2n) is 8.69. The van der Waals surface area contributed by atoms with Gasteiger partial charge >= 0.3 is 0 Å². The normalized spacial score (nSPS) is 21.6. The van der Waals surface area contributed by atoms with E-state index in [0.29, 0.717) is 34.9 Å². The Hall–Kier alpha value is -4.00. The molecule has 4 N–H and O–H groups in total. The molecule has 4 atom stereocenters. The van der Waals surface area contributed by atoms with Crippen molar-refractivity contribution in [2.24, 2.45) is 0 Å². The van der Waals surface area contributed by atoms with E-state index in [-0.39, 0.29) is 0 Å². The molecule has 5 heterocycles. The van der Waals surface area contributed by atoms with Gasteiger partial charge in [-0.15, -0.1) is 0 Å². The van der Waals surface area contributed by atoms with Crippen LogP contribution in [-0.2, 0) is 16.1 Å². The van der Waals surface area contributed by atoms with Crippen LogP contribution in [-0.4, -0.2) is 71.0 Å². The molecule has 36 heavy (non-hydrogen) atoms. The maximum atomic E-state index is 12.1. The number of fused-ring (bicyclic) bond motifs is 1. The fourth-order valence-electron chi connectivity index (χ4n) is 4.15. The van der Waals surface area contributed by atoms with Gasteiger partial charge in [0, 0.05) is 31.2 Å². The Balaban J connectivity index is 1.58. The first-order valence-corrected chi connectivity index (χ1v) is 11.4. The van der Waals surface area contributed by atoms with Crippen LogP contribution in [0.1, 0.15) is 23.0 Å². The molecule has 186 valence electrons. The monoisotopic (exact) mass is 490 g/mol. The number of ether oxygens (including phenoxy) is 1. The van der Waals surface area contributed by atoms with Gasteiger partial charge in [0.25, 0.3) is 5.91 Å². The molecule has 1 amide bonds. The number of hydrogen-bond acceptors (Lipinski definition) is 10. The molecule has 12 nitrogen and oxygen atoms in total. The Morgan fingerprint density at radius 3 is 2.69 bits per heavy atom. The number of nitrogens with one attached hydrogen (secondary N) is 2. The van der Waals surface area contributed by atoms with Crippen molar-refractivity contribution in [3.63, 3.8) is 0 Å². The molecule has 0 bridgehead atoms. The van der Waals surface area contributed by atoms with Gasteiger partial charge in [0.1, 0.15) is 12.2 Å². The zero-order chi connectivity index (χ0) is 25.4. The van der Waals surface area contributed by atoms with E-state index >= 15 is 0 Å². The van der Waals surface area contributed by atoms with Crippen molar-refractivity contribution >= 4 is 22.9 Å². The first kappa shape index (κ1) is 23.7. The van der Waals surface area contributed by atoms with E-state index in [1.165, 1.54) is 17.9 Å². The van der Waals surface area contributed by atoms with Crippen LogP contribution in [0.4, 0.5) is 5.82 Å². The number of aryl methyl sites for hydroxylation is 2. The molecule has 0 saturated carbocycles. The Morgan fingerprint density at radius 2 is 1.94 bits per heavy atom. The van der Waals surface area contributed by atoms with Gasteiger partial charge in [-0.2, -0.15) is 0 Å². The summed E-state index contributed by atoms with van der Waals surface area (Å²) in [6, 6.07) is 5.80. The predicted octanol–water partition coefficient (Wildman–Crippen LogP) is 0.877. The number of aromatic nitrogens is 6. The topological polar surface area (TPSA) is 160 Å². The molecular weight excluding hydrogens is 464 g/mol.